The standard InChI is InChI=1S/C18H19FN6O3/c1-27-17-13(18(23-7-22-17)28-8-2-3-8)14(20)9-4-5-12(24-15(9)21)25-16(26)10-6-11(10)19/h4-5,7-8,10-11,20H,2-3,6H2,1H3,(H3,21,24,25,26)/t10-,11+/m1/s1. The number of amides is 1. The molecule has 9 nitrogen and oxygen atoms in total. The number of hydrogen-bond acceptors (Lipinski definition) is 8. The molecule has 28 heavy (non-hydrogen) atoms. The third kappa shape index (κ3) is 3.57. The van der Waals surface area contributed by atoms with Crippen LogP contribution in [0.2, 0.25) is 0 Å². The molecule has 0 radical (unpaired) electrons. The quantitative estimate of drug-likeness (QED) is 0.616. The Morgan fingerprint density at radius 2 is 2.04 bits per heavy atom. The van der Waals surface area contributed by atoms with Gasteiger partial charge in [-0.1, -0.05) is 0 Å². The molecule has 0 unspecified atom stereocenters. The van der Waals surface area contributed by atoms with Crippen LogP contribution in [0.5, 0.6) is 11.8 Å². The maximum atomic E-state index is 13.0. The molecule has 4 rings (SSSR count). The van der Waals surface area contributed by atoms with E-state index < -0.39 is 18.0 Å². The summed E-state index contributed by atoms with van der Waals surface area (Å²) in [5.41, 5.74) is 6.58. The van der Waals surface area contributed by atoms with Crippen molar-refractivity contribution in [2.45, 2.75) is 31.5 Å². The molecule has 2 fully saturated rings. The van der Waals surface area contributed by atoms with Crippen LogP contribution in [0.15, 0.2) is 18.5 Å². The number of pyridine rings is 1. The van der Waals surface area contributed by atoms with Gasteiger partial charge in [-0.05, 0) is 31.4 Å². The third-order valence-corrected chi connectivity index (χ3v) is 4.52. The maximum Gasteiger partial charge on any atom is 0.231 e. The number of carbonyl (C=O) groups is 1. The van der Waals surface area contributed by atoms with E-state index >= 15 is 0 Å². The molecule has 2 heterocycles. The van der Waals surface area contributed by atoms with Crippen molar-refractivity contribution in [1.82, 2.24) is 15.0 Å². The largest absolute Gasteiger partial charge is 0.480 e. The second-order valence-electron chi connectivity index (χ2n) is 6.73. The van der Waals surface area contributed by atoms with Crippen molar-refractivity contribution >= 4 is 23.3 Å². The number of hydrogen-bond donors (Lipinski definition) is 3. The Bertz CT molecular complexity index is 949. The summed E-state index contributed by atoms with van der Waals surface area (Å²) in [6.07, 6.45) is 2.36. The van der Waals surface area contributed by atoms with Crippen LogP contribution in [-0.2, 0) is 4.79 Å². The van der Waals surface area contributed by atoms with Crippen LogP contribution < -0.4 is 20.5 Å². The number of anilines is 2. The van der Waals surface area contributed by atoms with Crippen LogP contribution in [0, 0.1) is 11.3 Å². The Labute approximate surface area is 160 Å². The van der Waals surface area contributed by atoms with Crippen molar-refractivity contribution in [1.29, 1.82) is 5.41 Å². The number of methoxy groups -OCH3 is 1. The van der Waals surface area contributed by atoms with E-state index in [1.54, 1.807) is 6.07 Å². The van der Waals surface area contributed by atoms with Gasteiger partial charge in [0.25, 0.3) is 0 Å². The van der Waals surface area contributed by atoms with E-state index in [0.29, 0.717) is 5.56 Å². The normalized spacial score (nSPS) is 20.4. The number of nitrogen functional groups attached to an aromatic ring is 1. The SMILES string of the molecule is COc1ncnc(OC2CC2)c1C(=N)c1ccc(NC(=O)[C@@H]2C[C@@H]2F)nc1N. The number of nitrogens with one attached hydrogen (secondary N) is 2. The van der Waals surface area contributed by atoms with Gasteiger partial charge in [-0.3, -0.25) is 10.2 Å². The Morgan fingerprint density at radius 1 is 1.32 bits per heavy atom. The molecule has 0 aromatic carbocycles. The molecule has 4 N–H and O–H groups in total. The minimum Gasteiger partial charge on any atom is -0.480 e. The topological polar surface area (TPSA) is 136 Å². The van der Waals surface area contributed by atoms with Gasteiger partial charge in [0.15, 0.2) is 0 Å². The highest BCUT2D eigenvalue weighted by Crippen LogP contribution is 2.35. The lowest BCUT2D eigenvalue weighted by molar-refractivity contribution is -0.117. The fraction of sp³-hybridized carbons (Fsp3) is 0.389. The van der Waals surface area contributed by atoms with Gasteiger partial charge in [0.05, 0.1) is 18.7 Å². The van der Waals surface area contributed by atoms with E-state index in [1.165, 1.54) is 19.5 Å². The Morgan fingerprint density at radius 3 is 2.64 bits per heavy atom. The average Bonchev–Trinajstić information content (AvgIpc) is 3.59. The Hall–Kier alpha value is -3.30. The number of aromatic nitrogens is 3. The predicted molar refractivity (Wildman–Crippen MR) is 98.4 cm³/mol. The van der Waals surface area contributed by atoms with Crippen molar-refractivity contribution in [2.75, 3.05) is 18.2 Å². The number of halogens is 1. The summed E-state index contributed by atoms with van der Waals surface area (Å²) in [6, 6.07) is 3.05. The summed E-state index contributed by atoms with van der Waals surface area (Å²) in [6.45, 7) is 0. The highest BCUT2D eigenvalue weighted by atomic mass is 19.1. The number of nitrogens with zero attached hydrogens (tertiary/aromatic N) is 3. The van der Waals surface area contributed by atoms with Crippen LogP contribution in [0.25, 0.3) is 0 Å². The van der Waals surface area contributed by atoms with Gasteiger partial charge in [-0.25, -0.2) is 19.3 Å². The lowest BCUT2D eigenvalue weighted by atomic mass is 10.0. The summed E-state index contributed by atoms with van der Waals surface area (Å²) in [4.78, 5) is 24.1. The first-order valence-electron chi connectivity index (χ1n) is 8.84. The monoisotopic (exact) mass is 386 g/mol. The van der Waals surface area contributed by atoms with Crippen molar-refractivity contribution in [3.05, 3.63) is 29.6 Å². The van der Waals surface area contributed by atoms with Gasteiger partial charge in [0, 0.05) is 5.56 Å². The maximum absolute atomic E-state index is 13.0. The zero-order valence-electron chi connectivity index (χ0n) is 15.1. The number of rotatable bonds is 7. The number of alkyl halides is 1. The number of nitrogens with two attached hydrogens (primary N) is 1. The molecule has 2 atom stereocenters. The molecular weight excluding hydrogens is 367 g/mol. The van der Waals surface area contributed by atoms with Crippen LogP contribution in [0.4, 0.5) is 16.0 Å². The summed E-state index contributed by atoms with van der Waals surface area (Å²) >= 11 is 0. The van der Waals surface area contributed by atoms with Crippen molar-refractivity contribution in [3.8, 4) is 11.8 Å². The molecule has 0 spiro atoms. The van der Waals surface area contributed by atoms with E-state index in [4.69, 9.17) is 20.6 Å². The Balaban J connectivity index is 1.60. The smallest absolute Gasteiger partial charge is 0.231 e. The van der Waals surface area contributed by atoms with E-state index in [9.17, 15) is 9.18 Å². The van der Waals surface area contributed by atoms with Crippen molar-refractivity contribution < 1.29 is 18.7 Å². The second kappa shape index (κ2) is 7.02. The third-order valence-electron chi connectivity index (χ3n) is 4.52. The minimum atomic E-state index is -1.10. The van der Waals surface area contributed by atoms with Gasteiger partial charge in [0.1, 0.15) is 35.8 Å². The molecule has 2 saturated carbocycles. The molecule has 2 aliphatic carbocycles. The lowest BCUT2D eigenvalue weighted by Crippen LogP contribution is -2.17. The van der Waals surface area contributed by atoms with E-state index in [2.05, 4.69) is 20.3 Å². The molecule has 2 aromatic heterocycles. The van der Waals surface area contributed by atoms with Crippen LogP contribution >= 0.6 is 0 Å². The number of ether oxygens (including phenoxy) is 2. The van der Waals surface area contributed by atoms with Gasteiger partial charge in [0.2, 0.25) is 17.7 Å². The highest BCUT2D eigenvalue weighted by Gasteiger charge is 2.43. The summed E-state index contributed by atoms with van der Waals surface area (Å²) in [5, 5.41) is 11.1. The molecule has 0 bridgehead atoms. The molecule has 2 aliphatic rings. The number of carbonyl (C=O) groups excluding carboxylic acids is 1. The van der Waals surface area contributed by atoms with Crippen molar-refractivity contribution in [3.63, 3.8) is 0 Å². The van der Waals surface area contributed by atoms with Gasteiger partial charge in [-0.2, -0.15) is 0 Å². The first kappa shape index (κ1) is 18.1. The molecule has 1 amide bonds. The minimum absolute atomic E-state index is 0.0120. The van der Waals surface area contributed by atoms with E-state index in [-0.39, 0.29) is 47.2 Å². The average molecular weight is 386 g/mol. The van der Waals surface area contributed by atoms with Crippen LogP contribution in [0.1, 0.15) is 30.4 Å². The summed E-state index contributed by atoms with van der Waals surface area (Å²) < 4.78 is 24.0. The second-order valence-corrected chi connectivity index (χ2v) is 6.73. The summed E-state index contributed by atoms with van der Waals surface area (Å²) in [5.74, 6) is -0.397. The van der Waals surface area contributed by atoms with Crippen LogP contribution in [0.3, 0.4) is 0 Å². The fourth-order valence-electron chi connectivity index (χ4n) is 2.70. The fourth-order valence-corrected chi connectivity index (χ4v) is 2.70. The molecule has 0 aliphatic heterocycles. The summed E-state index contributed by atoms with van der Waals surface area (Å²) in [7, 11) is 1.44. The van der Waals surface area contributed by atoms with Crippen molar-refractivity contribution in [2.24, 2.45) is 5.92 Å². The molecule has 0 saturated heterocycles. The Kier molecular flexibility index (Phi) is 4.54. The first-order valence-corrected chi connectivity index (χ1v) is 8.84. The lowest BCUT2D eigenvalue weighted by Gasteiger charge is -2.14. The van der Waals surface area contributed by atoms with E-state index in [0.717, 1.165) is 12.8 Å². The predicted octanol–water partition coefficient (Wildman–Crippen LogP) is 1.72. The molecular formula is C18H19FN6O3. The zero-order chi connectivity index (χ0) is 19.8. The van der Waals surface area contributed by atoms with Gasteiger partial charge >= 0.3 is 0 Å². The highest BCUT2D eigenvalue weighted by molar-refractivity contribution is 6.16. The van der Waals surface area contributed by atoms with Crippen LogP contribution in [-0.4, -0.2) is 46.0 Å². The first-order chi connectivity index (χ1) is 13.5. The molecule has 10 heteroatoms. The van der Waals surface area contributed by atoms with E-state index in [1.807, 2.05) is 0 Å². The molecule has 146 valence electrons. The van der Waals surface area contributed by atoms with Gasteiger partial charge in [-0.15, -0.1) is 0 Å². The van der Waals surface area contributed by atoms with Gasteiger partial charge < -0.3 is 20.5 Å². The molecule has 2 aromatic rings. The zero-order valence-corrected chi connectivity index (χ0v) is 15.1.